The van der Waals surface area contributed by atoms with Crippen molar-refractivity contribution in [3.8, 4) is 11.3 Å². The number of carbonyl (C=O) groups is 1. The Balaban J connectivity index is 1.33. The number of amides is 1. The van der Waals surface area contributed by atoms with Crippen LogP contribution < -0.4 is 0 Å². The SMILES string of the molecule is Cc1ccc(C)c(S(=O)(=O)N2CCN(C(=O)CCc3ncc(-c4ccc(F)cc4F)o3)CC2)c1. The van der Waals surface area contributed by atoms with Gasteiger partial charge in [0, 0.05) is 45.1 Å². The Morgan fingerprint density at radius 1 is 1.06 bits per heavy atom. The molecule has 1 fully saturated rings. The van der Waals surface area contributed by atoms with E-state index in [-0.39, 0.29) is 49.1 Å². The van der Waals surface area contributed by atoms with Crippen LogP contribution >= 0.6 is 0 Å². The molecule has 1 aliphatic heterocycles. The number of nitrogens with zero attached hydrogens (tertiary/aromatic N) is 3. The maximum atomic E-state index is 13.9. The lowest BCUT2D eigenvalue weighted by atomic mass is 10.2. The van der Waals surface area contributed by atoms with E-state index in [9.17, 15) is 22.0 Å². The zero-order chi connectivity index (χ0) is 24.5. The zero-order valence-corrected chi connectivity index (χ0v) is 19.7. The molecule has 180 valence electrons. The highest BCUT2D eigenvalue weighted by Crippen LogP contribution is 2.25. The quantitative estimate of drug-likeness (QED) is 0.527. The predicted molar refractivity (Wildman–Crippen MR) is 121 cm³/mol. The van der Waals surface area contributed by atoms with Crippen LogP contribution in [0.2, 0.25) is 0 Å². The average Bonchev–Trinajstić information content (AvgIpc) is 3.27. The van der Waals surface area contributed by atoms with E-state index >= 15 is 0 Å². The van der Waals surface area contributed by atoms with Gasteiger partial charge in [0.05, 0.1) is 16.7 Å². The van der Waals surface area contributed by atoms with Crippen LogP contribution in [0.1, 0.15) is 23.4 Å². The van der Waals surface area contributed by atoms with Crippen LogP contribution in [0, 0.1) is 25.5 Å². The third kappa shape index (κ3) is 5.02. The Bertz CT molecular complexity index is 1320. The molecule has 1 aliphatic rings. The van der Waals surface area contributed by atoms with Crippen molar-refractivity contribution >= 4 is 15.9 Å². The summed E-state index contributed by atoms with van der Waals surface area (Å²) in [5, 5.41) is 0. The molecular formula is C24H25F2N3O4S. The molecule has 0 unspecified atom stereocenters. The third-order valence-corrected chi connectivity index (χ3v) is 7.90. The van der Waals surface area contributed by atoms with E-state index in [0.717, 1.165) is 17.7 Å². The van der Waals surface area contributed by atoms with Crippen molar-refractivity contribution in [2.24, 2.45) is 0 Å². The molecule has 0 atom stereocenters. The van der Waals surface area contributed by atoms with Gasteiger partial charge in [0.15, 0.2) is 11.7 Å². The molecule has 2 heterocycles. The lowest BCUT2D eigenvalue weighted by Gasteiger charge is -2.34. The van der Waals surface area contributed by atoms with Crippen molar-refractivity contribution in [2.75, 3.05) is 26.2 Å². The second-order valence-corrected chi connectivity index (χ2v) is 10.2. The molecule has 0 spiro atoms. The number of oxazole rings is 1. The van der Waals surface area contributed by atoms with E-state index in [1.807, 2.05) is 13.0 Å². The number of aromatic nitrogens is 1. The molecule has 0 N–H and O–H groups in total. The van der Waals surface area contributed by atoms with Gasteiger partial charge in [-0.15, -0.1) is 0 Å². The van der Waals surface area contributed by atoms with Gasteiger partial charge in [0.25, 0.3) is 0 Å². The Labute approximate surface area is 197 Å². The molecule has 7 nitrogen and oxygen atoms in total. The summed E-state index contributed by atoms with van der Waals surface area (Å²) in [7, 11) is -3.63. The Hall–Kier alpha value is -3.11. The Morgan fingerprint density at radius 2 is 1.79 bits per heavy atom. The topological polar surface area (TPSA) is 83.7 Å². The van der Waals surface area contributed by atoms with E-state index in [1.54, 1.807) is 24.0 Å². The molecule has 4 rings (SSSR count). The summed E-state index contributed by atoms with van der Waals surface area (Å²) >= 11 is 0. The van der Waals surface area contributed by atoms with Gasteiger partial charge in [-0.05, 0) is 43.2 Å². The fraction of sp³-hybridized carbons (Fsp3) is 0.333. The van der Waals surface area contributed by atoms with Crippen LogP contribution in [0.3, 0.4) is 0 Å². The summed E-state index contributed by atoms with van der Waals surface area (Å²) in [5.41, 5.74) is 1.65. The first-order valence-electron chi connectivity index (χ1n) is 10.9. The molecule has 0 radical (unpaired) electrons. The molecule has 0 bridgehead atoms. The number of piperazine rings is 1. The molecular weight excluding hydrogens is 464 g/mol. The fourth-order valence-corrected chi connectivity index (χ4v) is 5.65. The van der Waals surface area contributed by atoms with E-state index in [2.05, 4.69) is 4.98 Å². The smallest absolute Gasteiger partial charge is 0.243 e. The van der Waals surface area contributed by atoms with Crippen LogP contribution in [0.25, 0.3) is 11.3 Å². The van der Waals surface area contributed by atoms with Gasteiger partial charge >= 0.3 is 0 Å². The first-order valence-corrected chi connectivity index (χ1v) is 12.3. The average molecular weight is 490 g/mol. The van der Waals surface area contributed by atoms with Gasteiger partial charge in [-0.25, -0.2) is 22.2 Å². The number of halogens is 2. The summed E-state index contributed by atoms with van der Waals surface area (Å²) in [4.78, 5) is 18.7. The van der Waals surface area contributed by atoms with Gasteiger partial charge in [-0.3, -0.25) is 4.79 Å². The van der Waals surface area contributed by atoms with Crippen LogP contribution in [0.4, 0.5) is 8.78 Å². The van der Waals surface area contributed by atoms with E-state index < -0.39 is 21.7 Å². The number of hydrogen-bond acceptors (Lipinski definition) is 5. The van der Waals surface area contributed by atoms with Gasteiger partial charge in [0.1, 0.15) is 11.6 Å². The van der Waals surface area contributed by atoms with Gasteiger partial charge in [-0.2, -0.15) is 4.31 Å². The summed E-state index contributed by atoms with van der Waals surface area (Å²) in [5.74, 6) is -1.16. The minimum Gasteiger partial charge on any atom is -0.441 e. The van der Waals surface area contributed by atoms with Crippen molar-refractivity contribution in [1.29, 1.82) is 0 Å². The third-order valence-electron chi connectivity index (χ3n) is 5.86. The summed E-state index contributed by atoms with van der Waals surface area (Å²) in [6, 6.07) is 8.50. The second-order valence-electron chi connectivity index (χ2n) is 8.30. The Morgan fingerprint density at radius 3 is 2.50 bits per heavy atom. The minimum atomic E-state index is -3.63. The van der Waals surface area contributed by atoms with Crippen molar-refractivity contribution in [3.63, 3.8) is 0 Å². The van der Waals surface area contributed by atoms with Crippen LogP contribution in [-0.2, 0) is 21.2 Å². The summed E-state index contributed by atoms with van der Waals surface area (Å²) in [6.45, 7) is 4.64. The van der Waals surface area contributed by atoms with Crippen LogP contribution in [0.5, 0.6) is 0 Å². The van der Waals surface area contributed by atoms with Gasteiger partial charge < -0.3 is 9.32 Å². The maximum Gasteiger partial charge on any atom is 0.243 e. The highest BCUT2D eigenvalue weighted by atomic mass is 32.2. The first kappa shape index (κ1) is 24.0. The molecule has 10 heteroatoms. The fourth-order valence-electron chi connectivity index (χ4n) is 3.91. The lowest BCUT2D eigenvalue weighted by Crippen LogP contribution is -2.50. The number of carbonyl (C=O) groups excluding carboxylic acids is 1. The molecule has 1 saturated heterocycles. The molecule has 1 aromatic heterocycles. The number of sulfonamides is 1. The van der Waals surface area contributed by atoms with E-state index in [4.69, 9.17) is 4.42 Å². The van der Waals surface area contributed by atoms with E-state index in [1.165, 1.54) is 16.6 Å². The number of rotatable bonds is 6. The molecule has 1 amide bonds. The predicted octanol–water partition coefficient (Wildman–Crippen LogP) is 3.70. The maximum absolute atomic E-state index is 13.9. The molecule has 2 aromatic carbocycles. The monoisotopic (exact) mass is 489 g/mol. The standard InChI is InChI=1S/C24H25F2N3O4S/c1-16-3-4-17(2)22(13-16)34(31,32)29-11-9-28(10-12-29)24(30)8-7-23-27-15-21(33-23)19-6-5-18(25)14-20(19)26/h3-6,13-15H,7-12H2,1-2H3. The summed E-state index contributed by atoms with van der Waals surface area (Å²) in [6.07, 6.45) is 1.67. The highest BCUT2D eigenvalue weighted by molar-refractivity contribution is 7.89. The number of benzene rings is 2. The second kappa shape index (κ2) is 9.63. The summed E-state index contributed by atoms with van der Waals surface area (Å²) < 4.78 is 60.1. The normalized spacial score (nSPS) is 15.0. The Kier molecular flexibility index (Phi) is 6.81. The van der Waals surface area contributed by atoms with Crippen LogP contribution in [0.15, 0.2) is 51.9 Å². The minimum absolute atomic E-state index is 0.0904. The van der Waals surface area contributed by atoms with Crippen molar-refractivity contribution < 1.29 is 26.4 Å². The molecule has 0 saturated carbocycles. The molecule has 3 aromatic rings. The van der Waals surface area contributed by atoms with Crippen molar-refractivity contribution in [1.82, 2.24) is 14.2 Å². The zero-order valence-electron chi connectivity index (χ0n) is 18.9. The molecule has 0 aliphatic carbocycles. The van der Waals surface area contributed by atoms with Crippen LogP contribution in [-0.4, -0.2) is 54.7 Å². The van der Waals surface area contributed by atoms with Crippen molar-refractivity contribution in [3.05, 3.63) is 71.2 Å². The first-order chi connectivity index (χ1) is 16.1. The lowest BCUT2D eigenvalue weighted by molar-refractivity contribution is -0.132. The highest BCUT2D eigenvalue weighted by Gasteiger charge is 2.31. The largest absolute Gasteiger partial charge is 0.441 e. The van der Waals surface area contributed by atoms with Gasteiger partial charge in [0.2, 0.25) is 15.9 Å². The van der Waals surface area contributed by atoms with Gasteiger partial charge in [-0.1, -0.05) is 12.1 Å². The molecule has 34 heavy (non-hydrogen) atoms. The van der Waals surface area contributed by atoms with Crippen molar-refractivity contribution in [2.45, 2.75) is 31.6 Å². The number of hydrogen-bond donors (Lipinski definition) is 0. The number of aryl methyl sites for hydroxylation is 3. The van der Waals surface area contributed by atoms with E-state index in [0.29, 0.717) is 23.5 Å².